The molecule has 0 saturated carbocycles. The van der Waals surface area contributed by atoms with Crippen LogP contribution < -0.4 is 5.73 Å². The molecule has 1 saturated heterocycles. The van der Waals surface area contributed by atoms with E-state index >= 15 is 0 Å². The van der Waals surface area contributed by atoms with Gasteiger partial charge in [0.25, 0.3) is 0 Å². The third kappa shape index (κ3) is 2.70. The quantitative estimate of drug-likeness (QED) is 0.359. The number of amidine groups is 1. The molecule has 0 aliphatic carbocycles. The van der Waals surface area contributed by atoms with E-state index in [0.717, 1.165) is 32.5 Å². The SMILES string of the molecule is NC(=NO)C1CCN(Cc2cncs2)CC1. The average Bonchev–Trinajstić information content (AvgIpc) is 2.82. The van der Waals surface area contributed by atoms with Crippen molar-refractivity contribution in [3.05, 3.63) is 16.6 Å². The third-order valence-electron chi connectivity index (χ3n) is 2.98. The summed E-state index contributed by atoms with van der Waals surface area (Å²) in [4.78, 5) is 7.74. The van der Waals surface area contributed by atoms with Crippen LogP contribution in [0.2, 0.25) is 0 Å². The molecule has 1 fully saturated rings. The van der Waals surface area contributed by atoms with Gasteiger partial charge in [0, 0.05) is 23.5 Å². The maximum atomic E-state index is 8.60. The summed E-state index contributed by atoms with van der Waals surface area (Å²) in [6.07, 6.45) is 3.85. The Hall–Kier alpha value is -1.14. The Balaban J connectivity index is 1.81. The second kappa shape index (κ2) is 5.27. The molecule has 1 aliphatic heterocycles. The van der Waals surface area contributed by atoms with Crippen LogP contribution in [0.5, 0.6) is 0 Å². The van der Waals surface area contributed by atoms with E-state index in [1.165, 1.54) is 4.88 Å². The summed E-state index contributed by atoms with van der Waals surface area (Å²) in [5.74, 6) is 0.611. The minimum Gasteiger partial charge on any atom is -0.409 e. The lowest BCUT2D eigenvalue weighted by molar-refractivity contribution is 0.200. The van der Waals surface area contributed by atoms with Gasteiger partial charge >= 0.3 is 0 Å². The predicted molar refractivity (Wildman–Crippen MR) is 63.5 cm³/mol. The molecule has 6 heteroatoms. The molecule has 0 radical (unpaired) electrons. The summed E-state index contributed by atoms with van der Waals surface area (Å²) in [7, 11) is 0. The number of hydrogen-bond acceptors (Lipinski definition) is 5. The van der Waals surface area contributed by atoms with Gasteiger partial charge in [0.15, 0.2) is 0 Å². The fourth-order valence-corrected chi connectivity index (χ4v) is 2.65. The predicted octanol–water partition coefficient (Wildman–Crippen LogP) is 1.10. The smallest absolute Gasteiger partial charge is 0.142 e. The largest absolute Gasteiger partial charge is 0.409 e. The van der Waals surface area contributed by atoms with Crippen LogP contribution in [-0.2, 0) is 6.54 Å². The highest BCUT2D eigenvalue weighted by molar-refractivity contribution is 7.09. The molecule has 2 heterocycles. The van der Waals surface area contributed by atoms with E-state index in [0.29, 0.717) is 5.84 Å². The van der Waals surface area contributed by atoms with Crippen LogP contribution in [0.3, 0.4) is 0 Å². The highest BCUT2D eigenvalue weighted by Gasteiger charge is 2.22. The van der Waals surface area contributed by atoms with Crippen molar-refractivity contribution >= 4 is 17.2 Å². The summed E-state index contributed by atoms with van der Waals surface area (Å²) in [6.45, 7) is 2.96. The van der Waals surface area contributed by atoms with Crippen LogP contribution in [0.25, 0.3) is 0 Å². The molecular formula is C10H16N4OS. The Morgan fingerprint density at radius 2 is 2.38 bits per heavy atom. The average molecular weight is 240 g/mol. The number of likely N-dealkylation sites (tertiary alicyclic amines) is 1. The minimum atomic E-state index is 0.239. The highest BCUT2D eigenvalue weighted by atomic mass is 32.1. The second-order valence-electron chi connectivity index (χ2n) is 4.04. The van der Waals surface area contributed by atoms with E-state index in [4.69, 9.17) is 10.9 Å². The lowest BCUT2D eigenvalue weighted by atomic mass is 9.96. The first kappa shape index (κ1) is 11.3. The zero-order chi connectivity index (χ0) is 11.4. The highest BCUT2D eigenvalue weighted by Crippen LogP contribution is 2.20. The van der Waals surface area contributed by atoms with Crippen LogP contribution in [0.4, 0.5) is 0 Å². The molecule has 88 valence electrons. The second-order valence-corrected chi connectivity index (χ2v) is 5.01. The summed E-state index contributed by atoms with van der Waals surface area (Å²) in [5, 5.41) is 11.7. The molecule has 1 aromatic heterocycles. The summed E-state index contributed by atoms with van der Waals surface area (Å²) in [6, 6.07) is 0. The normalized spacial score (nSPS) is 20.1. The molecule has 0 amide bonds. The van der Waals surface area contributed by atoms with Crippen molar-refractivity contribution in [2.24, 2.45) is 16.8 Å². The van der Waals surface area contributed by atoms with Gasteiger partial charge in [-0.1, -0.05) is 5.16 Å². The molecular weight excluding hydrogens is 224 g/mol. The van der Waals surface area contributed by atoms with Crippen LogP contribution in [-0.4, -0.2) is 34.0 Å². The van der Waals surface area contributed by atoms with Crippen LogP contribution in [0.1, 0.15) is 17.7 Å². The number of thiazole rings is 1. The van der Waals surface area contributed by atoms with Crippen molar-refractivity contribution in [2.45, 2.75) is 19.4 Å². The van der Waals surface area contributed by atoms with Gasteiger partial charge in [-0.3, -0.25) is 9.88 Å². The van der Waals surface area contributed by atoms with Gasteiger partial charge in [-0.15, -0.1) is 11.3 Å². The Bertz CT molecular complexity index is 344. The summed E-state index contributed by atoms with van der Waals surface area (Å²) in [5.41, 5.74) is 7.46. The van der Waals surface area contributed by atoms with Crippen LogP contribution in [0.15, 0.2) is 16.9 Å². The zero-order valence-corrected chi connectivity index (χ0v) is 9.86. The zero-order valence-electron chi connectivity index (χ0n) is 9.04. The molecule has 16 heavy (non-hydrogen) atoms. The van der Waals surface area contributed by atoms with Gasteiger partial charge in [-0.2, -0.15) is 0 Å². The fraction of sp³-hybridized carbons (Fsp3) is 0.600. The number of nitrogens with two attached hydrogens (primary N) is 1. The Labute approximate surface area is 98.6 Å². The molecule has 1 aromatic rings. The van der Waals surface area contributed by atoms with Crippen molar-refractivity contribution in [3.63, 3.8) is 0 Å². The number of hydrogen-bond donors (Lipinski definition) is 2. The van der Waals surface area contributed by atoms with Crippen molar-refractivity contribution < 1.29 is 5.21 Å². The van der Waals surface area contributed by atoms with E-state index in [1.807, 2.05) is 11.7 Å². The van der Waals surface area contributed by atoms with Gasteiger partial charge < -0.3 is 10.9 Å². The number of rotatable bonds is 3. The van der Waals surface area contributed by atoms with Gasteiger partial charge in [0.05, 0.1) is 5.51 Å². The van der Waals surface area contributed by atoms with Crippen molar-refractivity contribution in [3.8, 4) is 0 Å². The van der Waals surface area contributed by atoms with Gasteiger partial charge in [-0.25, -0.2) is 0 Å². The van der Waals surface area contributed by atoms with E-state index in [1.54, 1.807) is 11.3 Å². The van der Waals surface area contributed by atoms with E-state index in [2.05, 4.69) is 15.0 Å². The van der Waals surface area contributed by atoms with E-state index < -0.39 is 0 Å². The lowest BCUT2D eigenvalue weighted by Crippen LogP contribution is -2.38. The Kier molecular flexibility index (Phi) is 3.74. The number of aromatic nitrogens is 1. The third-order valence-corrected chi connectivity index (χ3v) is 3.75. The lowest BCUT2D eigenvalue weighted by Gasteiger charge is -2.30. The summed E-state index contributed by atoms with van der Waals surface area (Å²) < 4.78 is 0. The Morgan fingerprint density at radius 1 is 1.62 bits per heavy atom. The van der Waals surface area contributed by atoms with Gasteiger partial charge in [-0.05, 0) is 25.9 Å². The minimum absolute atomic E-state index is 0.239. The van der Waals surface area contributed by atoms with E-state index in [9.17, 15) is 0 Å². The van der Waals surface area contributed by atoms with Crippen LogP contribution in [0, 0.1) is 5.92 Å². The molecule has 3 N–H and O–H groups in total. The molecule has 5 nitrogen and oxygen atoms in total. The first-order chi connectivity index (χ1) is 7.79. The first-order valence-electron chi connectivity index (χ1n) is 5.36. The number of nitrogens with zero attached hydrogens (tertiary/aromatic N) is 3. The molecule has 0 bridgehead atoms. The first-order valence-corrected chi connectivity index (χ1v) is 6.24. The number of oxime groups is 1. The monoisotopic (exact) mass is 240 g/mol. The maximum Gasteiger partial charge on any atom is 0.142 e. The topological polar surface area (TPSA) is 74.7 Å². The standard InChI is InChI=1S/C10H16N4OS/c11-10(13-15)8-1-3-14(4-2-8)6-9-5-12-7-16-9/h5,7-8,15H,1-4,6H2,(H2,11,13). The molecule has 0 spiro atoms. The summed E-state index contributed by atoms with van der Waals surface area (Å²) >= 11 is 1.69. The van der Waals surface area contributed by atoms with Gasteiger partial charge in [0.1, 0.15) is 5.84 Å². The molecule has 2 rings (SSSR count). The van der Waals surface area contributed by atoms with Crippen molar-refractivity contribution in [1.29, 1.82) is 0 Å². The fourth-order valence-electron chi connectivity index (χ4n) is 2.01. The Morgan fingerprint density at radius 3 is 2.94 bits per heavy atom. The van der Waals surface area contributed by atoms with Crippen molar-refractivity contribution in [1.82, 2.24) is 9.88 Å². The maximum absolute atomic E-state index is 8.60. The molecule has 0 aromatic carbocycles. The van der Waals surface area contributed by atoms with E-state index in [-0.39, 0.29) is 5.92 Å². The molecule has 0 atom stereocenters. The van der Waals surface area contributed by atoms with Crippen molar-refractivity contribution in [2.75, 3.05) is 13.1 Å². The van der Waals surface area contributed by atoms with Crippen LogP contribution >= 0.6 is 11.3 Å². The number of piperidine rings is 1. The molecule has 0 unspecified atom stereocenters. The van der Waals surface area contributed by atoms with Gasteiger partial charge in [0.2, 0.25) is 0 Å². The molecule has 1 aliphatic rings.